The topological polar surface area (TPSA) is 54.5 Å². The Kier molecular flexibility index (Phi) is 2.47. The summed E-state index contributed by atoms with van der Waals surface area (Å²) in [6.45, 7) is 0. The maximum Gasteiger partial charge on any atom is 0.164 e. The van der Waals surface area contributed by atoms with Gasteiger partial charge in [0.1, 0.15) is 6.07 Å². The lowest BCUT2D eigenvalue weighted by molar-refractivity contribution is 0.897. The minimum absolute atomic E-state index is 0.358. The molecule has 0 unspecified atom stereocenters. The van der Waals surface area contributed by atoms with Crippen LogP contribution in [0.4, 0.5) is 0 Å². The van der Waals surface area contributed by atoms with Crippen LogP contribution in [0.1, 0.15) is 5.56 Å². The number of fused-ring (bicyclic) bond motifs is 1. The Bertz CT molecular complexity index is 756. The second-order valence-electron chi connectivity index (χ2n) is 3.73. The molecule has 0 fully saturated rings. The van der Waals surface area contributed by atoms with Crippen molar-refractivity contribution < 1.29 is 0 Å². The molecule has 0 saturated heterocycles. The van der Waals surface area contributed by atoms with Crippen molar-refractivity contribution in [3.63, 3.8) is 0 Å². The summed E-state index contributed by atoms with van der Waals surface area (Å²) in [4.78, 5) is 4.24. The first-order chi connectivity index (χ1) is 8.81. The summed E-state index contributed by atoms with van der Waals surface area (Å²) in [7, 11) is 0. The predicted octanol–water partition coefficient (Wildman–Crippen LogP) is 2.95. The Hall–Kier alpha value is -2.38. The minimum Gasteiger partial charge on any atom is -0.235 e. The maximum atomic E-state index is 8.90. The lowest BCUT2D eigenvalue weighted by atomic mass is 10.2. The third-order valence-electron chi connectivity index (χ3n) is 2.65. The highest BCUT2D eigenvalue weighted by Gasteiger charge is 2.12. The van der Waals surface area contributed by atoms with Crippen molar-refractivity contribution in [3.05, 3.63) is 53.3 Å². The van der Waals surface area contributed by atoms with E-state index >= 15 is 0 Å². The summed E-state index contributed by atoms with van der Waals surface area (Å²) in [5.74, 6) is 0. The molecule has 0 amide bonds. The Morgan fingerprint density at radius 3 is 2.67 bits per heavy atom. The van der Waals surface area contributed by atoms with Gasteiger partial charge in [-0.25, -0.2) is 9.67 Å². The highest BCUT2D eigenvalue weighted by atomic mass is 35.5. The van der Waals surface area contributed by atoms with E-state index in [9.17, 15) is 0 Å². The number of nitriles is 1. The van der Waals surface area contributed by atoms with Crippen LogP contribution in [0, 0.1) is 11.3 Å². The van der Waals surface area contributed by atoms with Crippen LogP contribution in [0.5, 0.6) is 0 Å². The molecule has 0 aliphatic heterocycles. The first kappa shape index (κ1) is 10.8. The standard InChI is InChI=1S/C13H7ClN4/c14-12-9(6-15)7-16-13-11(12)8-17-18(13)10-4-2-1-3-5-10/h1-5,7-8H. The third kappa shape index (κ3) is 1.53. The SMILES string of the molecule is N#Cc1cnc2c(cnn2-c2ccccc2)c1Cl. The zero-order chi connectivity index (χ0) is 12.5. The van der Waals surface area contributed by atoms with Gasteiger partial charge in [-0.05, 0) is 12.1 Å². The zero-order valence-corrected chi connectivity index (χ0v) is 9.96. The highest BCUT2D eigenvalue weighted by Crippen LogP contribution is 2.26. The molecule has 86 valence electrons. The van der Waals surface area contributed by atoms with Crippen molar-refractivity contribution in [2.24, 2.45) is 0 Å². The molecule has 0 saturated carbocycles. The van der Waals surface area contributed by atoms with E-state index in [0.29, 0.717) is 21.6 Å². The van der Waals surface area contributed by atoms with Crippen molar-refractivity contribution in [2.75, 3.05) is 0 Å². The van der Waals surface area contributed by atoms with Gasteiger partial charge in [0.05, 0.1) is 27.9 Å². The van der Waals surface area contributed by atoms with Crippen LogP contribution in [-0.4, -0.2) is 14.8 Å². The van der Waals surface area contributed by atoms with Gasteiger partial charge in [-0.2, -0.15) is 10.4 Å². The van der Waals surface area contributed by atoms with Crippen LogP contribution in [0.3, 0.4) is 0 Å². The number of para-hydroxylation sites is 1. The molecule has 18 heavy (non-hydrogen) atoms. The van der Waals surface area contributed by atoms with Crippen LogP contribution in [0.2, 0.25) is 5.02 Å². The van der Waals surface area contributed by atoms with Crippen LogP contribution in [-0.2, 0) is 0 Å². The van der Waals surface area contributed by atoms with Crippen molar-refractivity contribution in [1.29, 1.82) is 5.26 Å². The molecular formula is C13H7ClN4. The summed E-state index contributed by atoms with van der Waals surface area (Å²) in [6.07, 6.45) is 3.09. The van der Waals surface area contributed by atoms with Gasteiger partial charge in [-0.15, -0.1) is 0 Å². The van der Waals surface area contributed by atoms with Crippen LogP contribution >= 0.6 is 11.6 Å². The first-order valence-electron chi connectivity index (χ1n) is 5.29. The summed E-state index contributed by atoms with van der Waals surface area (Å²) < 4.78 is 1.70. The van der Waals surface area contributed by atoms with E-state index < -0.39 is 0 Å². The lowest BCUT2D eigenvalue weighted by Gasteiger charge is -2.02. The van der Waals surface area contributed by atoms with E-state index in [1.807, 2.05) is 36.4 Å². The van der Waals surface area contributed by atoms with Crippen LogP contribution < -0.4 is 0 Å². The van der Waals surface area contributed by atoms with E-state index in [-0.39, 0.29) is 0 Å². The molecule has 0 radical (unpaired) electrons. The lowest BCUT2D eigenvalue weighted by Crippen LogP contribution is -1.97. The summed E-state index contributed by atoms with van der Waals surface area (Å²) in [5, 5.41) is 14.2. The van der Waals surface area contributed by atoms with Gasteiger partial charge in [0.15, 0.2) is 5.65 Å². The second kappa shape index (κ2) is 4.13. The molecule has 1 aromatic carbocycles. The molecule has 3 rings (SSSR count). The van der Waals surface area contributed by atoms with E-state index in [1.165, 1.54) is 6.20 Å². The van der Waals surface area contributed by atoms with Gasteiger partial charge in [-0.3, -0.25) is 0 Å². The van der Waals surface area contributed by atoms with Gasteiger partial charge < -0.3 is 0 Å². The number of benzene rings is 1. The van der Waals surface area contributed by atoms with Gasteiger partial charge in [0, 0.05) is 6.20 Å². The Morgan fingerprint density at radius 1 is 1.17 bits per heavy atom. The largest absolute Gasteiger partial charge is 0.235 e. The number of halogens is 1. The van der Waals surface area contributed by atoms with Crippen molar-refractivity contribution in [3.8, 4) is 11.8 Å². The average molecular weight is 255 g/mol. The number of hydrogen-bond acceptors (Lipinski definition) is 3. The highest BCUT2D eigenvalue weighted by molar-refractivity contribution is 6.36. The molecule has 5 heteroatoms. The smallest absolute Gasteiger partial charge is 0.164 e. The number of hydrogen-bond donors (Lipinski definition) is 0. The molecular weight excluding hydrogens is 248 g/mol. The first-order valence-corrected chi connectivity index (χ1v) is 5.67. The minimum atomic E-state index is 0.358. The predicted molar refractivity (Wildman–Crippen MR) is 68.6 cm³/mol. The summed E-state index contributed by atoms with van der Waals surface area (Å²) >= 11 is 6.13. The molecule has 0 N–H and O–H groups in total. The zero-order valence-electron chi connectivity index (χ0n) is 9.21. The van der Waals surface area contributed by atoms with Crippen molar-refractivity contribution >= 4 is 22.6 Å². The summed E-state index contributed by atoms with van der Waals surface area (Å²) in [6, 6.07) is 11.6. The van der Waals surface area contributed by atoms with Crippen molar-refractivity contribution in [2.45, 2.75) is 0 Å². The fourth-order valence-corrected chi connectivity index (χ4v) is 2.01. The number of nitrogens with zero attached hydrogens (tertiary/aromatic N) is 4. The monoisotopic (exact) mass is 254 g/mol. The van der Waals surface area contributed by atoms with Crippen molar-refractivity contribution in [1.82, 2.24) is 14.8 Å². The van der Waals surface area contributed by atoms with Gasteiger partial charge in [-0.1, -0.05) is 29.8 Å². The summed E-state index contributed by atoms with van der Waals surface area (Å²) in [5.41, 5.74) is 1.91. The molecule has 0 aliphatic rings. The average Bonchev–Trinajstić information content (AvgIpc) is 2.85. The molecule has 4 nitrogen and oxygen atoms in total. The van der Waals surface area contributed by atoms with E-state index in [0.717, 1.165) is 5.69 Å². The fraction of sp³-hybridized carbons (Fsp3) is 0. The molecule has 3 aromatic rings. The normalized spacial score (nSPS) is 10.4. The van der Waals surface area contributed by atoms with Gasteiger partial charge in [0.2, 0.25) is 0 Å². The van der Waals surface area contributed by atoms with Gasteiger partial charge >= 0.3 is 0 Å². The van der Waals surface area contributed by atoms with E-state index in [4.69, 9.17) is 16.9 Å². The van der Waals surface area contributed by atoms with E-state index in [2.05, 4.69) is 10.1 Å². The maximum absolute atomic E-state index is 8.90. The van der Waals surface area contributed by atoms with E-state index in [1.54, 1.807) is 10.9 Å². The Morgan fingerprint density at radius 2 is 1.94 bits per heavy atom. The van der Waals surface area contributed by atoms with Crippen LogP contribution in [0.25, 0.3) is 16.7 Å². The molecule has 0 bridgehead atoms. The fourth-order valence-electron chi connectivity index (χ4n) is 1.78. The Labute approximate surface area is 108 Å². The second-order valence-corrected chi connectivity index (χ2v) is 4.10. The Balaban J connectivity index is 2.29. The number of aromatic nitrogens is 3. The van der Waals surface area contributed by atoms with Gasteiger partial charge in [0.25, 0.3) is 0 Å². The van der Waals surface area contributed by atoms with Crippen LogP contribution in [0.15, 0.2) is 42.7 Å². The molecule has 0 aliphatic carbocycles. The quantitative estimate of drug-likeness (QED) is 0.671. The molecule has 2 aromatic heterocycles. The number of rotatable bonds is 1. The molecule has 0 atom stereocenters. The third-order valence-corrected chi connectivity index (χ3v) is 3.06. The molecule has 0 spiro atoms. The molecule has 2 heterocycles. The number of pyridine rings is 1.